The molecule has 6 N–H and O–H groups in total. The number of nitrogens with one attached hydrogen (secondary N) is 1. The van der Waals surface area contributed by atoms with Crippen molar-refractivity contribution in [3.05, 3.63) is 36.5 Å². The van der Waals surface area contributed by atoms with Crippen LogP contribution >= 0.6 is 0 Å². The zero-order chi connectivity index (χ0) is 58.0. The number of hydrogen-bond donors (Lipinski definition) is 6. The lowest BCUT2D eigenvalue weighted by molar-refractivity contribution is -0.302. The number of aliphatic hydroxyl groups excluding tert-OH is 5. The number of ether oxygens (including phenoxy) is 3. The van der Waals surface area contributed by atoms with Crippen molar-refractivity contribution >= 4 is 11.9 Å². The molecule has 1 aliphatic rings. The number of unbranched alkanes of at least 4 members (excludes halogenated alkanes) is 42. The van der Waals surface area contributed by atoms with Gasteiger partial charge in [0.15, 0.2) is 6.29 Å². The summed E-state index contributed by atoms with van der Waals surface area (Å²) in [7, 11) is 0. The number of allylic oxidation sites excluding steroid dienone is 5. The van der Waals surface area contributed by atoms with Gasteiger partial charge in [-0.15, -0.1) is 0 Å². The Hall–Kier alpha value is -2.12. The number of esters is 1. The minimum atomic E-state index is -1.57. The number of aliphatic hydroxyl groups is 5. The van der Waals surface area contributed by atoms with Crippen LogP contribution in [0.15, 0.2) is 36.5 Å². The van der Waals surface area contributed by atoms with Crippen molar-refractivity contribution in [3.63, 3.8) is 0 Å². The van der Waals surface area contributed by atoms with Crippen molar-refractivity contribution in [1.29, 1.82) is 0 Å². The van der Waals surface area contributed by atoms with Gasteiger partial charge in [0.05, 0.1) is 32.0 Å². The molecule has 0 aromatic carbocycles. The molecule has 1 heterocycles. The summed E-state index contributed by atoms with van der Waals surface area (Å²) >= 11 is 0. The maximum Gasteiger partial charge on any atom is 0.305 e. The van der Waals surface area contributed by atoms with Gasteiger partial charge >= 0.3 is 5.97 Å². The van der Waals surface area contributed by atoms with Crippen molar-refractivity contribution in [3.8, 4) is 0 Å². The van der Waals surface area contributed by atoms with Crippen LogP contribution < -0.4 is 5.32 Å². The molecule has 1 aliphatic heterocycles. The minimum Gasteiger partial charge on any atom is -0.466 e. The quantitative estimate of drug-likeness (QED) is 0.0195. The number of rotatable bonds is 60. The van der Waals surface area contributed by atoms with Crippen molar-refractivity contribution < 1.29 is 49.3 Å². The fraction of sp³-hybridized carbons (Fsp3) is 0.884. The predicted octanol–water partition coefficient (Wildman–Crippen LogP) is 17.0. The Bertz CT molecular complexity index is 1420. The summed E-state index contributed by atoms with van der Waals surface area (Å²) in [4.78, 5) is 25.1. The molecule has 11 nitrogen and oxygen atoms in total. The van der Waals surface area contributed by atoms with Crippen LogP contribution in [0, 0.1) is 0 Å². The second kappa shape index (κ2) is 58.6. The van der Waals surface area contributed by atoms with Crippen LogP contribution in [0.1, 0.15) is 328 Å². The highest BCUT2D eigenvalue weighted by molar-refractivity contribution is 5.76. The lowest BCUT2D eigenvalue weighted by atomic mass is 9.99. The summed E-state index contributed by atoms with van der Waals surface area (Å²) < 4.78 is 16.7. The fourth-order valence-corrected chi connectivity index (χ4v) is 10.8. The van der Waals surface area contributed by atoms with Gasteiger partial charge in [-0.3, -0.25) is 9.59 Å². The van der Waals surface area contributed by atoms with Crippen LogP contribution in [-0.4, -0.2) is 100 Å². The van der Waals surface area contributed by atoms with Gasteiger partial charge in [-0.05, 0) is 64.2 Å². The second-order valence-corrected chi connectivity index (χ2v) is 23.9. The highest BCUT2D eigenvalue weighted by atomic mass is 16.7. The number of hydrogen-bond acceptors (Lipinski definition) is 10. The van der Waals surface area contributed by atoms with E-state index in [2.05, 4.69) is 43.5 Å². The van der Waals surface area contributed by atoms with Gasteiger partial charge in [0, 0.05) is 12.8 Å². The average molecular weight is 1130 g/mol. The molecular weight excluding hydrogens is 1000 g/mol. The van der Waals surface area contributed by atoms with E-state index in [0.29, 0.717) is 19.4 Å². The summed E-state index contributed by atoms with van der Waals surface area (Å²) in [5.41, 5.74) is 0. The van der Waals surface area contributed by atoms with Crippen LogP contribution in [-0.2, 0) is 23.8 Å². The number of carbonyl (C=O) groups is 2. The van der Waals surface area contributed by atoms with E-state index in [-0.39, 0.29) is 18.5 Å². The van der Waals surface area contributed by atoms with E-state index < -0.39 is 49.5 Å². The largest absolute Gasteiger partial charge is 0.466 e. The molecule has 0 radical (unpaired) electrons. The van der Waals surface area contributed by atoms with E-state index in [1.165, 1.54) is 238 Å². The molecule has 0 aromatic heterocycles. The normalized spacial score (nSPS) is 18.5. The smallest absolute Gasteiger partial charge is 0.305 e. The molecule has 1 saturated heterocycles. The van der Waals surface area contributed by atoms with Gasteiger partial charge in [0.1, 0.15) is 24.4 Å². The van der Waals surface area contributed by atoms with Crippen molar-refractivity contribution in [2.24, 2.45) is 0 Å². The first-order valence-electron chi connectivity index (χ1n) is 34.3. The average Bonchev–Trinajstić information content (AvgIpc) is 3.45. The third kappa shape index (κ3) is 47.3. The van der Waals surface area contributed by atoms with E-state index in [9.17, 15) is 35.1 Å². The molecule has 1 amide bonds. The molecule has 470 valence electrons. The van der Waals surface area contributed by atoms with Gasteiger partial charge in [0.25, 0.3) is 0 Å². The Kier molecular flexibility index (Phi) is 55.6. The van der Waals surface area contributed by atoms with Gasteiger partial charge < -0.3 is 45.1 Å². The Morgan fingerprint density at radius 2 is 0.838 bits per heavy atom. The summed E-state index contributed by atoms with van der Waals surface area (Å²) in [5.74, 6) is -0.178. The second-order valence-electron chi connectivity index (χ2n) is 23.9. The third-order valence-corrected chi connectivity index (χ3v) is 16.2. The Morgan fingerprint density at radius 3 is 1.26 bits per heavy atom. The molecule has 1 fully saturated rings. The molecule has 0 bridgehead atoms. The minimum absolute atomic E-state index is 0.00571. The number of carbonyl (C=O) groups excluding carboxylic acids is 2. The first kappa shape index (κ1) is 75.9. The van der Waals surface area contributed by atoms with Gasteiger partial charge in [-0.2, -0.15) is 0 Å². The molecule has 1 rings (SSSR count). The summed E-state index contributed by atoms with van der Waals surface area (Å²) in [6, 6.07) is -0.809. The monoisotopic (exact) mass is 1130 g/mol. The van der Waals surface area contributed by atoms with Crippen molar-refractivity contribution in [2.75, 3.05) is 19.8 Å². The Labute approximate surface area is 492 Å². The summed E-state index contributed by atoms with van der Waals surface area (Å²) in [6.07, 6.45) is 64.3. The molecule has 80 heavy (non-hydrogen) atoms. The molecule has 7 atom stereocenters. The topological polar surface area (TPSA) is 175 Å². The molecule has 0 saturated carbocycles. The van der Waals surface area contributed by atoms with Crippen LogP contribution in [0.4, 0.5) is 0 Å². The standard InChI is InChI=1S/C69H129NO10/c1-3-5-7-9-11-13-14-15-34-37-41-45-49-53-57-65(74)78-58-54-50-46-42-38-35-32-30-28-26-24-22-20-18-16-17-19-21-23-25-27-29-31-33-36-40-44-48-52-56-64(73)70-61(62(72)55-51-47-43-39-12-10-8-6-4-2)60-79-69-68(77)67(76)66(75)63(59-71)80-69/h16,18,22,24,51,55,61-63,66-69,71-72,75-77H,3-15,17,19-21,23,25-50,52-54,56-60H2,1-2H3,(H,70,73)/b18-16-,24-22-,55-51+. The first-order chi connectivity index (χ1) is 39.2. The number of amides is 1. The van der Waals surface area contributed by atoms with Gasteiger partial charge in [0.2, 0.25) is 5.91 Å². The predicted molar refractivity (Wildman–Crippen MR) is 334 cm³/mol. The van der Waals surface area contributed by atoms with E-state index >= 15 is 0 Å². The Balaban J connectivity index is 1.94. The molecule has 11 heteroatoms. The first-order valence-corrected chi connectivity index (χ1v) is 34.3. The van der Waals surface area contributed by atoms with E-state index in [0.717, 1.165) is 64.2 Å². The van der Waals surface area contributed by atoms with Crippen LogP contribution in [0.5, 0.6) is 0 Å². The fourth-order valence-electron chi connectivity index (χ4n) is 10.8. The Morgan fingerprint density at radius 1 is 0.463 bits per heavy atom. The van der Waals surface area contributed by atoms with Crippen LogP contribution in [0.2, 0.25) is 0 Å². The highest BCUT2D eigenvalue weighted by Gasteiger charge is 2.44. The van der Waals surface area contributed by atoms with E-state index in [1.54, 1.807) is 6.08 Å². The third-order valence-electron chi connectivity index (χ3n) is 16.2. The highest BCUT2D eigenvalue weighted by Crippen LogP contribution is 2.23. The van der Waals surface area contributed by atoms with Crippen molar-refractivity contribution in [1.82, 2.24) is 5.32 Å². The maximum absolute atomic E-state index is 13.0. The summed E-state index contributed by atoms with van der Waals surface area (Å²) in [5, 5.41) is 54.3. The molecule has 7 unspecified atom stereocenters. The van der Waals surface area contributed by atoms with Crippen LogP contribution in [0.25, 0.3) is 0 Å². The lowest BCUT2D eigenvalue weighted by Gasteiger charge is -2.40. The maximum atomic E-state index is 13.0. The molecular formula is C69H129NO10. The summed E-state index contributed by atoms with van der Waals surface area (Å²) in [6.45, 7) is 4.34. The SMILES string of the molecule is CCCCCCCCC/C=C/C(O)C(COC1OC(CO)C(O)C(O)C1O)NC(=O)CCCCCCCCCCCCCCC/C=C\C/C=C\CCCCCCCCCCCOC(=O)CCCCCCCCCCCCCCCC. The van der Waals surface area contributed by atoms with Gasteiger partial charge in [-0.1, -0.05) is 288 Å². The molecule has 0 aromatic rings. The molecule has 0 aliphatic carbocycles. The van der Waals surface area contributed by atoms with E-state index in [1.807, 2.05) is 6.08 Å². The van der Waals surface area contributed by atoms with Crippen LogP contribution in [0.3, 0.4) is 0 Å². The van der Waals surface area contributed by atoms with Crippen molar-refractivity contribution in [2.45, 2.75) is 371 Å². The van der Waals surface area contributed by atoms with E-state index in [4.69, 9.17) is 14.2 Å². The molecule has 0 spiro atoms. The van der Waals surface area contributed by atoms with Gasteiger partial charge in [-0.25, -0.2) is 0 Å². The zero-order valence-corrected chi connectivity index (χ0v) is 52.1. The lowest BCUT2D eigenvalue weighted by Crippen LogP contribution is -2.60. The zero-order valence-electron chi connectivity index (χ0n) is 52.1.